The van der Waals surface area contributed by atoms with Gasteiger partial charge in [-0.1, -0.05) is 0 Å². The van der Waals surface area contributed by atoms with Gasteiger partial charge in [0.05, 0.1) is 0 Å². The van der Waals surface area contributed by atoms with E-state index in [4.69, 9.17) is 0 Å². The molecule has 78 valence electrons. The third-order valence-corrected chi connectivity index (χ3v) is 2.30. The van der Waals surface area contributed by atoms with Gasteiger partial charge in [0.2, 0.25) is 5.95 Å². The molecule has 5 nitrogen and oxygen atoms in total. The smallest absolute Gasteiger partial charge is 0.224 e. The second-order valence-electron chi connectivity index (χ2n) is 3.28. The summed E-state index contributed by atoms with van der Waals surface area (Å²) in [5.41, 5.74) is 1.18. The average molecular weight is 203 g/mol. The Morgan fingerprint density at radius 1 is 1.27 bits per heavy atom. The fraction of sp³-hybridized carbons (Fsp3) is 0.300. The molecular formula is C10H13N5. The van der Waals surface area contributed by atoms with Crippen molar-refractivity contribution in [1.29, 1.82) is 0 Å². The van der Waals surface area contributed by atoms with Crippen LogP contribution >= 0.6 is 0 Å². The summed E-state index contributed by atoms with van der Waals surface area (Å²) in [4.78, 5) is 3.98. The Balaban J connectivity index is 2.21. The molecule has 0 bridgehead atoms. The Bertz CT molecular complexity index is 434. The van der Waals surface area contributed by atoms with Gasteiger partial charge in [0.1, 0.15) is 5.82 Å². The lowest BCUT2D eigenvalue weighted by molar-refractivity contribution is 0.825. The molecule has 0 unspecified atom stereocenters. The molecule has 15 heavy (non-hydrogen) atoms. The molecule has 0 radical (unpaired) electrons. The summed E-state index contributed by atoms with van der Waals surface area (Å²) in [6.07, 6.45) is 4.34. The summed E-state index contributed by atoms with van der Waals surface area (Å²) in [5.74, 6) is 1.71. The van der Waals surface area contributed by atoms with Crippen molar-refractivity contribution in [1.82, 2.24) is 19.7 Å². The summed E-state index contributed by atoms with van der Waals surface area (Å²) >= 11 is 0. The number of hydrogen-bond acceptors (Lipinski definition) is 4. The van der Waals surface area contributed by atoms with Crippen molar-refractivity contribution >= 4 is 5.95 Å². The molecule has 0 spiro atoms. The summed E-state index contributed by atoms with van der Waals surface area (Å²) < 4.78 is 1.94. The monoisotopic (exact) mass is 203 g/mol. The molecular weight excluding hydrogens is 190 g/mol. The van der Waals surface area contributed by atoms with Gasteiger partial charge in [-0.05, 0) is 17.7 Å². The normalized spacial score (nSPS) is 10.3. The predicted molar refractivity (Wildman–Crippen MR) is 57.6 cm³/mol. The van der Waals surface area contributed by atoms with Crippen LogP contribution in [-0.4, -0.2) is 26.8 Å². The van der Waals surface area contributed by atoms with Gasteiger partial charge in [-0.3, -0.25) is 4.98 Å². The first-order valence-corrected chi connectivity index (χ1v) is 4.76. The minimum Gasteiger partial charge on any atom is -0.357 e. The maximum absolute atomic E-state index is 4.11. The van der Waals surface area contributed by atoms with E-state index in [1.54, 1.807) is 12.4 Å². The van der Waals surface area contributed by atoms with Gasteiger partial charge in [0.15, 0.2) is 0 Å². The van der Waals surface area contributed by atoms with Crippen molar-refractivity contribution in [2.75, 3.05) is 12.4 Å². The van der Waals surface area contributed by atoms with Crippen LogP contribution in [0.15, 0.2) is 24.5 Å². The van der Waals surface area contributed by atoms with Crippen molar-refractivity contribution in [3.8, 4) is 0 Å². The van der Waals surface area contributed by atoms with Gasteiger partial charge >= 0.3 is 0 Å². The lowest BCUT2D eigenvalue weighted by Gasteiger charge is -2.02. The fourth-order valence-corrected chi connectivity index (χ4v) is 1.42. The van der Waals surface area contributed by atoms with Crippen LogP contribution in [0.2, 0.25) is 0 Å². The van der Waals surface area contributed by atoms with Crippen LogP contribution in [-0.2, 0) is 13.5 Å². The first-order chi connectivity index (χ1) is 7.31. The molecule has 0 amide bonds. The highest BCUT2D eigenvalue weighted by molar-refractivity contribution is 5.26. The summed E-state index contributed by atoms with van der Waals surface area (Å²) in [7, 11) is 3.78. The molecule has 0 aliphatic rings. The fourth-order valence-electron chi connectivity index (χ4n) is 1.42. The zero-order chi connectivity index (χ0) is 10.7. The molecule has 2 aromatic heterocycles. The molecule has 0 saturated heterocycles. The van der Waals surface area contributed by atoms with Crippen molar-refractivity contribution in [3.63, 3.8) is 0 Å². The highest BCUT2D eigenvalue weighted by Crippen LogP contribution is 2.09. The van der Waals surface area contributed by atoms with E-state index in [1.165, 1.54) is 5.56 Å². The van der Waals surface area contributed by atoms with Gasteiger partial charge in [-0.25, -0.2) is 0 Å². The summed E-state index contributed by atoms with van der Waals surface area (Å²) in [5, 5.41) is 11.1. The van der Waals surface area contributed by atoms with Gasteiger partial charge in [-0.15, -0.1) is 10.2 Å². The van der Waals surface area contributed by atoms with Crippen LogP contribution in [0.3, 0.4) is 0 Å². The highest BCUT2D eigenvalue weighted by Gasteiger charge is 2.06. The molecule has 0 fully saturated rings. The topological polar surface area (TPSA) is 55.6 Å². The molecule has 0 atom stereocenters. The minimum absolute atomic E-state index is 0.772. The number of pyridine rings is 1. The Morgan fingerprint density at radius 3 is 2.60 bits per heavy atom. The molecule has 2 aromatic rings. The van der Waals surface area contributed by atoms with Gasteiger partial charge in [0, 0.05) is 32.9 Å². The molecule has 1 N–H and O–H groups in total. The minimum atomic E-state index is 0.772. The number of aromatic nitrogens is 4. The maximum atomic E-state index is 4.11. The number of nitrogens with one attached hydrogen (secondary N) is 1. The van der Waals surface area contributed by atoms with E-state index in [0.717, 1.165) is 18.2 Å². The second-order valence-corrected chi connectivity index (χ2v) is 3.28. The van der Waals surface area contributed by atoms with Crippen LogP contribution < -0.4 is 5.32 Å². The number of hydrogen-bond donors (Lipinski definition) is 1. The molecule has 5 heteroatoms. The predicted octanol–water partition coefficient (Wildman–Crippen LogP) is 0.843. The molecule has 2 heterocycles. The van der Waals surface area contributed by atoms with E-state index in [2.05, 4.69) is 20.5 Å². The quantitative estimate of drug-likeness (QED) is 0.803. The van der Waals surface area contributed by atoms with E-state index in [1.807, 2.05) is 30.8 Å². The number of anilines is 1. The molecule has 2 rings (SSSR count). The van der Waals surface area contributed by atoms with Crippen molar-refractivity contribution in [2.24, 2.45) is 7.05 Å². The first-order valence-electron chi connectivity index (χ1n) is 4.76. The van der Waals surface area contributed by atoms with E-state index < -0.39 is 0 Å². The zero-order valence-electron chi connectivity index (χ0n) is 8.81. The molecule has 0 aromatic carbocycles. The number of nitrogens with zero attached hydrogens (tertiary/aromatic N) is 4. The number of rotatable bonds is 3. The molecule has 0 aliphatic carbocycles. The van der Waals surface area contributed by atoms with Crippen molar-refractivity contribution in [2.45, 2.75) is 6.42 Å². The third kappa shape index (κ3) is 1.96. The Labute approximate surface area is 88.2 Å². The van der Waals surface area contributed by atoms with E-state index in [0.29, 0.717) is 0 Å². The van der Waals surface area contributed by atoms with Crippen LogP contribution in [0, 0.1) is 0 Å². The lowest BCUT2D eigenvalue weighted by atomic mass is 10.2. The van der Waals surface area contributed by atoms with Crippen LogP contribution in [0.1, 0.15) is 11.4 Å². The van der Waals surface area contributed by atoms with Gasteiger partial charge < -0.3 is 9.88 Å². The SMILES string of the molecule is CNc1nnc(Cc2ccncc2)n1C. The Morgan fingerprint density at radius 2 is 2.00 bits per heavy atom. The van der Waals surface area contributed by atoms with Gasteiger partial charge in [0.25, 0.3) is 0 Å². The van der Waals surface area contributed by atoms with Crippen LogP contribution in [0.4, 0.5) is 5.95 Å². The van der Waals surface area contributed by atoms with Crippen LogP contribution in [0.5, 0.6) is 0 Å². The lowest BCUT2D eigenvalue weighted by Crippen LogP contribution is -2.03. The highest BCUT2D eigenvalue weighted by atomic mass is 15.3. The largest absolute Gasteiger partial charge is 0.357 e. The van der Waals surface area contributed by atoms with Crippen molar-refractivity contribution < 1.29 is 0 Å². The Hall–Kier alpha value is -1.91. The van der Waals surface area contributed by atoms with E-state index in [9.17, 15) is 0 Å². The van der Waals surface area contributed by atoms with E-state index >= 15 is 0 Å². The van der Waals surface area contributed by atoms with Crippen molar-refractivity contribution in [3.05, 3.63) is 35.9 Å². The second kappa shape index (κ2) is 4.08. The maximum Gasteiger partial charge on any atom is 0.224 e. The van der Waals surface area contributed by atoms with E-state index in [-0.39, 0.29) is 0 Å². The first kappa shape index (κ1) is 9.64. The standard InChI is InChI=1S/C10H13N5/c1-11-10-14-13-9(15(10)2)7-8-3-5-12-6-4-8/h3-6H,7H2,1-2H3,(H,11,14). The Kier molecular flexibility index (Phi) is 2.62. The third-order valence-electron chi connectivity index (χ3n) is 2.30. The summed E-state index contributed by atoms with van der Waals surface area (Å²) in [6.45, 7) is 0. The molecule has 0 aliphatic heterocycles. The average Bonchev–Trinajstić information content (AvgIpc) is 2.62. The molecule has 0 saturated carbocycles. The zero-order valence-corrected chi connectivity index (χ0v) is 8.81. The summed E-state index contributed by atoms with van der Waals surface area (Å²) in [6, 6.07) is 3.96. The van der Waals surface area contributed by atoms with Gasteiger partial charge in [-0.2, -0.15) is 0 Å². The van der Waals surface area contributed by atoms with Crippen LogP contribution in [0.25, 0.3) is 0 Å².